The van der Waals surface area contributed by atoms with Crippen molar-refractivity contribution < 1.29 is 23.4 Å². The van der Waals surface area contributed by atoms with Gasteiger partial charge in [-0.25, -0.2) is 17.9 Å². The molecule has 0 saturated carbocycles. The molecule has 1 aromatic rings. The third-order valence-corrected chi connectivity index (χ3v) is 4.80. The Morgan fingerprint density at radius 2 is 2.10 bits per heavy atom. The number of thioether (sulfide) groups is 1. The van der Waals surface area contributed by atoms with E-state index in [4.69, 9.17) is 5.11 Å². The van der Waals surface area contributed by atoms with Crippen molar-refractivity contribution in [2.24, 2.45) is 0 Å². The third kappa shape index (κ3) is 4.78. The number of hydrogen-bond acceptors (Lipinski definition) is 5. The number of aliphatic hydroxyl groups is 1. The molecule has 112 valence electrons. The van der Waals surface area contributed by atoms with Crippen LogP contribution in [0.2, 0.25) is 0 Å². The second kappa shape index (κ2) is 6.57. The van der Waals surface area contributed by atoms with Crippen molar-refractivity contribution in [1.29, 1.82) is 0 Å². The van der Waals surface area contributed by atoms with Gasteiger partial charge in [-0.1, -0.05) is 6.07 Å². The molecule has 0 saturated heterocycles. The Kier molecular flexibility index (Phi) is 5.58. The molecular weight excluding hydrogens is 302 g/mol. The molecule has 0 bridgehead atoms. The molecule has 0 aliphatic carbocycles. The molecule has 1 aromatic carbocycles. The molecule has 8 heteroatoms. The van der Waals surface area contributed by atoms with Gasteiger partial charge in [0.05, 0.1) is 16.1 Å². The van der Waals surface area contributed by atoms with E-state index in [0.29, 0.717) is 5.75 Å². The van der Waals surface area contributed by atoms with Crippen molar-refractivity contribution in [3.8, 4) is 0 Å². The van der Waals surface area contributed by atoms with Gasteiger partial charge in [0.2, 0.25) is 10.0 Å². The van der Waals surface area contributed by atoms with Gasteiger partial charge in [0.15, 0.2) is 0 Å². The van der Waals surface area contributed by atoms with Crippen LogP contribution in [0.4, 0.5) is 0 Å². The van der Waals surface area contributed by atoms with Crippen molar-refractivity contribution >= 4 is 27.8 Å². The molecule has 0 aromatic heterocycles. The molecule has 0 heterocycles. The molecule has 1 atom stereocenters. The molecule has 0 fully saturated rings. The minimum atomic E-state index is -3.85. The summed E-state index contributed by atoms with van der Waals surface area (Å²) in [5.41, 5.74) is -1.28. The standard InChI is InChI=1S/C12H17NO5S2/c1-12(16,8-19-2)7-13-20(17,18)10-5-3-4-9(6-10)11(14)15/h3-6,13,16H,7-8H2,1-2H3,(H,14,15). The van der Waals surface area contributed by atoms with Crippen LogP contribution in [0.3, 0.4) is 0 Å². The minimum Gasteiger partial charge on any atom is -0.478 e. The van der Waals surface area contributed by atoms with E-state index in [1.165, 1.54) is 36.9 Å². The minimum absolute atomic E-state index is 0.108. The topological polar surface area (TPSA) is 104 Å². The van der Waals surface area contributed by atoms with Gasteiger partial charge in [0.1, 0.15) is 0 Å². The zero-order chi connectivity index (χ0) is 15.4. The fourth-order valence-corrected chi connectivity index (χ4v) is 3.42. The van der Waals surface area contributed by atoms with Crippen LogP contribution in [0.1, 0.15) is 17.3 Å². The number of aromatic carboxylic acids is 1. The molecule has 0 spiro atoms. The first-order valence-corrected chi connectivity index (χ1v) is 8.60. The van der Waals surface area contributed by atoms with Crippen molar-refractivity contribution in [2.75, 3.05) is 18.6 Å². The molecule has 0 aliphatic heterocycles. The monoisotopic (exact) mass is 319 g/mol. The Morgan fingerprint density at radius 1 is 1.45 bits per heavy atom. The van der Waals surface area contributed by atoms with Crippen LogP contribution in [0.5, 0.6) is 0 Å². The van der Waals surface area contributed by atoms with Crippen molar-refractivity contribution in [1.82, 2.24) is 4.72 Å². The number of sulfonamides is 1. The molecule has 1 rings (SSSR count). The Bertz CT molecular complexity index is 583. The summed E-state index contributed by atoms with van der Waals surface area (Å²) in [6.45, 7) is 1.38. The van der Waals surface area contributed by atoms with Crippen molar-refractivity contribution in [3.63, 3.8) is 0 Å². The first-order valence-electron chi connectivity index (χ1n) is 5.72. The smallest absolute Gasteiger partial charge is 0.335 e. The summed E-state index contributed by atoms with van der Waals surface area (Å²) in [5, 5.41) is 18.8. The SMILES string of the molecule is CSCC(C)(O)CNS(=O)(=O)c1cccc(C(=O)O)c1. The average Bonchev–Trinajstić information content (AvgIpc) is 2.37. The predicted molar refractivity (Wildman–Crippen MR) is 77.6 cm³/mol. The van der Waals surface area contributed by atoms with Crippen molar-refractivity contribution in [3.05, 3.63) is 29.8 Å². The maximum absolute atomic E-state index is 12.0. The first-order chi connectivity index (χ1) is 9.18. The molecule has 0 aliphatic rings. The number of carbonyl (C=O) groups is 1. The van der Waals surface area contributed by atoms with Gasteiger partial charge in [-0.3, -0.25) is 0 Å². The van der Waals surface area contributed by atoms with Gasteiger partial charge < -0.3 is 10.2 Å². The lowest BCUT2D eigenvalue weighted by atomic mass is 10.1. The van der Waals surface area contributed by atoms with Crippen LogP contribution in [0, 0.1) is 0 Å². The summed E-state index contributed by atoms with van der Waals surface area (Å²) in [5.74, 6) is -0.818. The molecule has 3 N–H and O–H groups in total. The molecule has 20 heavy (non-hydrogen) atoms. The van der Waals surface area contributed by atoms with Crippen LogP contribution in [0.25, 0.3) is 0 Å². The number of rotatable bonds is 7. The lowest BCUT2D eigenvalue weighted by Crippen LogP contribution is -2.42. The summed E-state index contributed by atoms with van der Waals surface area (Å²) in [7, 11) is -3.85. The fourth-order valence-electron chi connectivity index (χ4n) is 1.49. The maximum atomic E-state index is 12.0. The van der Waals surface area contributed by atoms with E-state index in [1.54, 1.807) is 6.26 Å². The summed E-state index contributed by atoms with van der Waals surface area (Å²) >= 11 is 1.40. The Hall–Kier alpha value is -1.09. The Balaban J connectivity index is 2.89. The quantitative estimate of drug-likeness (QED) is 0.686. The predicted octanol–water partition coefficient (Wildman–Crippen LogP) is 0.777. The molecule has 0 amide bonds. The van der Waals surface area contributed by atoms with E-state index in [0.717, 1.165) is 6.07 Å². The highest BCUT2D eigenvalue weighted by Crippen LogP contribution is 2.14. The van der Waals surface area contributed by atoms with E-state index in [-0.39, 0.29) is 17.0 Å². The zero-order valence-corrected chi connectivity index (χ0v) is 12.8. The van der Waals surface area contributed by atoms with Gasteiger partial charge >= 0.3 is 5.97 Å². The fraction of sp³-hybridized carbons (Fsp3) is 0.417. The molecule has 1 unspecified atom stereocenters. The lowest BCUT2D eigenvalue weighted by molar-refractivity contribution is 0.0696. The largest absolute Gasteiger partial charge is 0.478 e. The third-order valence-electron chi connectivity index (χ3n) is 2.49. The number of benzene rings is 1. The van der Waals surface area contributed by atoms with Crippen LogP contribution < -0.4 is 4.72 Å². The second-order valence-electron chi connectivity index (χ2n) is 4.59. The zero-order valence-electron chi connectivity index (χ0n) is 11.2. The van der Waals surface area contributed by atoms with Crippen molar-refractivity contribution in [2.45, 2.75) is 17.4 Å². The lowest BCUT2D eigenvalue weighted by Gasteiger charge is -2.22. The molecular formula is C12H17NO5S2. The Labute approximate surface area is 122 Å². The highest BCUT2D eigenvalue weighted by atomic mass is 32.2. The molecule has 0 radical (unpaired) electrons. The first kappa shape index (κ1) is 17.0. The summed E-state index contributed by atoms with van der Waals surface area (Å²) in [4.78, 5) is 10.7. The van der Waals surface area contributed by atoms with Crippen LogP contribution in [-0.2, 0) is 10.0 Å². The number of carboxylic acid groups (broad SMARTS) is 1. The van der Waals surface area contributed by atoms with Gasteiger partial charge in [-0.05, 0) is 31.4 Å². The normalized spacial score (nSPS) is 14.8. The highest BCUT2D eigenvalue weighted by molar-refractivity contribution is 7.98. The van der Waals surface area contributed by atoms with Gasteiger partial charge in [-0.2, -0.15) is 11.8 Å². The van der Waals surface area contributed by atoms with E-state index in [2.05, 4.69) is 4.72 Å². The van der Waals surface area contributed by atoms with Gasteiger partial charge in [-0.15, -0.1) is 0 Å². The molecule has 6 nitrogen and oxygen atoms in total. The number of hydrogen-bond donors (Lipinski definition) is 3. The summed E-state index contributed by atoms with van der Waals surface area (Å²) < 4.78 is 26.4. The second-order valence-corrected chi connectivity index (χ2v) is 7.22. The van der Waals surface area contributed by atoms with E-state index >= 15 is 0 Å². The average molecular weight is 319 g/mol. The van der Waals surface area contributed by atoms with E-state index in [1.807, 2.05) is 0 Å². The number of nitrogens with one attached hydrogen (secondary N) is 1. The summed E-state index contributed by atoms with van der Waals surface area (Å²) in [6.07, 6.45) is 1.80. The Morgan fingerprint density at radius 3 is 2.65 bits per heavy atom. The highest BCUT2D eigenvalue weighted by Gasteiger charge is 2.24. The van der Waals surface area contributed by atoms with Crippen LogP contribution >= 0.6 is 11.8 Å². The summed E-state index contributed by atoms with van der Waals surface area (Å²) in [6, 6.07) is 5.05. The van der Waals surface area contributed by atoms with Gasteiger partial charge in [0.25, 0.3) is 0 Å². The van der Waals surface area contributed by atoms with Gasteiger partial charge in [0, 0.05) is 12.3 Å². The van der Waals surface area contributed by atoms with Crippen LogP contribution in [-0.4, -0.2) is 48.8 Å². The maximum Gasteiger partial charge on any atom is 0.335 e. The van der Waals surface area contributed by atoms with E-state index < -0.39 is 21.6 Å². The van der Waals surface area contributed by atoms with E-state index in [9.17, 15) is 18.3 Å². The number of carboxylic acids is 1. The van der Waals surface area contributed by atoms with Crippen LogP contribution in [0.15, 0.2) is 29.2 Å².